The predicted molar refractivity (Wildman–Crippen MR) is 82.4 cm³/mol. The first-order chi connectivity index (χ1) is 9.35. The van der Waals surface area contributed by atoms with Crippen LogP contribution in [0.4, 0.5) is 0 Å². The Morgan fingerprint density at radius 2 is 2.05 bits per heavy atom. The van der Waals surface area contributed by atoms with Crippen LogP contribution in [-0.2, 0) is 0 Å². The van der Waals surface area contributed by atoms with Gasteiger partial charge in [0, 0.05) is 25.2 Å². The van der Waals surface area contributed by atoms with Gasteiger partial charge in [0.25, 0.3) is 0 Å². The molecule has 1 fully saturated rings. The van der Waals surface area contributed by atoms with E-state index in [4.69, 9.17) is 0 Å². The minimum absolute atomic E-state index is 0.584. The molecule has 0 bridgehead atoms. The zero-order chi connectivity index (χ0) is 13.5. The van der Waals surface area contributed by atoms with Gasteiger partial charge < -0.3 is 5.32 Å². The Labute approximate surface area is 118 Å². The van der Waals surface area contributed by atoms with Gasteiger partial charge in [-0.25, -0.2) is 0 Å². The summed E-state index contributed by atoms with van der Waals surface area (Å²) in [5, 5.41) is 3.70. The molecule has 0 amide bonds. The first-order valence-corrected chi connectivity index (χ1v) is 7.87. The highest BCUT2D eigenvalue weighted by atomic mass is 15.2. The lowest BCUT2D eigenvalue weighted by atomic mass is 10.0. The summed E-state index contributed by atoms with van der Waals surface area (Å²) in [6, 6.07) is 12.3. The molecule has 1 aliphatic rings. The Kier molecular flexibility index (Phi) is 5.87. The van der Waals surface area contributed by atoms with Crippen LogP contribution in [0.25, 0.3) is 0 Å². The molecule has 0 aliphatic carbocycles. The zero-order valence-electron chi connectivity index (χ0n) is 12.4. The summed E-state index contributed by atoms with van der Waals surface area (Å²) in [6.45, 7) is 8.18. The lowest BCUT2D eigenvalue weighted by Gasteiger charge is -2.32. The van der Waals surface area contributed by atoms with Crippen molar-refractivity contribution in [1.82, 2.24) is 10.2 Å². The second-order valence-corrected chi connectivity index (χ2v) is 5.62. The van der Waals surface area contributed by atoms with Crippen molar-refractivity contribution in [2.75, 3.05) is 19.6 Å². The van der Waals surface area contributed by atoms with Crippen molar-refractivity contribution in [3.05, 3.63) is 35.9 Å². The third-order valence-electron chi connectivity index (χ3n) is 4.16. The van der Waals surface area contributed by atoms with Gasteiger partial charge in [-0.1, -0.05) is 50.6 Å². The molecule has 106 valence electrons. The normalized spacial score (nSPS) is 22.9. The molecule has 1 aromatic rings. The molecule has 1 aliphatic heterocycles. The molecule has 19 heavy (non-hydrogen) atoms. The standard InChI is InChI=1S/C17H28N2/c1-3-9-16-14-19(13-8-12-18-16)17(4-2)15-10-6-5-7-11-15/h5-7,10-11,16-18H,3-4,8-9,12-14H2,1-2H3. The van der Waals surface area contributed by atoms with E-state index >= 15 is 0 Å². The summed E-state index contributed by atoms with van der Waals surface area (Å²) < 4.78 is 0. The molecule has 1 heterocycles. The van der Waals surface area contributed by atoms with Gasteiger partial charge in [-0.2, -0.15) is 0 Å². The molecule has 1 N–H and O–H groups in total. The summed E-state index contributed by atoms with van der Waals surface area (Å²) in [6.07, 6.45) is 5.03. The van der Waals surface area contributed by atoms with Gasteiger partial charge in [0.05, 0.1) is 0 Å². The molecule has 1 saturated heterocycles. The van der Waals surface area contributed by atoms with Crippen LogP contribution in [0.3, 0.4) is 0 Å². The molecule has 1 aromatic carbocycles. The van der Waals surface area contributed by atoms with Gasteiger partial charge >= 0.3 is 0 Å². The maximum absolute atomic E-state index is 3.70. The average molecular weight is 260 g/mol. The summed E-state index contributed by atoms with van der Waals surface area (Å²) in [7, 11) is 0. The SMILES string of the molecule is CCCC1CN(C(CC)c2ccccc2)CCCN1. The van der Waals surface area contributed by atoms with Crippen LogP contribution in [-0.4, -0.2) is 30.6 Å². The van der Waals surface area contributed by atoms with Crippen molar-refractivity contribution in [1.29, 1.82) is 0 Å². The molecule has 2 atom stereocenters. The lowest BCUT2D eigenvalue weighted by molar-refractivity contribution is 0.186. The first kappa shape index (κ1) is 14.5. The molecular formula is C17H28N2. The Balaban J connectivity index is 2.08. The van der Waals surface area contributed by atoms with E-state index in [1.807, 2.05) is 0 Å². The summed E-state index contributed by atoms with van der Waals surface area (Å²) >= 11 is 0. The van der Waals surface area contributed by atoms with Crippen LogP contribution in [0, 0.1) is 0 Å². The van der Waals surface area contributed by atoms with Gasteiger partial charge in [-0.05, 0) is 31.4 Å². The quantitative estimate of drug-likeness (QED) is 0.870. The Hall–Kier alpha value is -0.860. The summed E-state index contributed by atoms with van der Waals surface area (Å²) in [4.78, 5) is 2.69. The number of rotatable bonds is 5. The second-order valence-electron chi connectivity index (χ2n) is 5.62. The maximum atomic E-state index is 3.70. The topological polar surface area (TPSA) is 15.3 Å². The van der Waals surface area contributed by atoms with Crippen molar-refractivity contribution in [3.8, 4) is 0 Å². The number of hydrogen-bond acceptors (Lipinski definition) is 2. The molecule has 2 unspecified atom stereocenters. The third kappa shape index (κ3) is 4.05. The molecular weight excluding hydrogens is 232 g/mol. The van der Waals surface area contributed by atoms with Gasteiger partial charge in [-0.3, -0.25) is 4.90 Å². The molecule has 0 spiro atoms. The lowest BCUT2D eigenvalue weighted by Crippen LogP contribution is -2.39. The maximum Gasteiger partial charge on any atom is 0.0346 e. The van der Waals surface area contributed by atoms with Crippen molar-refractivity contribution in [2.45, 2.75) is 51.6 Å². The second kappa shape index (κ2) is 7.66. The minimum Gasteiger partial charge on any atom is -0.313 e. The van der Waals surface area contributed by atoms with Crippen molar-refractivity contribution in [3.63, 3.8) is 0 Å². The van der Waals surface area contributed by atoms with Crippen LogP contribution in [0.5, 0.6) is 0 Å². The minimum atomic E-state index is 0.584. The highest BCUT2D eigenvalue weighted by Crippen LogP contribution is 2.25. The number of hydrogen-bond donors (Lipinski definition) is 1. The molecule has 2 heteroatoms. The predicted octanol–water partition coefficient (Wildman–Crippen LogP) is 3.60. The van der Waals surface area contributed by atoms with Crippen molar-refractivity contribution in [2.24, 2.45) is 0 Å². The average Bonchev–Trinajstić information content (AvgIpc) is 2.67. The smallest absolute Gasteiger partial charge is 0.0346 e. The van der Waals surface area contributed by atoms with Crippen LogP contribution in [0.1, 0.15) is 51.1 Å². The molecule has 0 aromatic heterocycles. The van der Waals surface area contributed by atoms with E-state index in [0.29, 0.717) is 12.1 Å². The van der Waals surface area contributed by atoms with E-state index < -0.39 is 0 Å². The van der Waals surface area contributed by atoms with Gasteiger partial charge in [-0.15, -0.1) is 0 Å². The fourth-order valence-corrected chi connectivity index (χ4v) is 3.23. The molecule has 0 radical (unpaired) electrons. The zero-order valence-corrected chi connectivity index (χ0v) is 12.4. The van der Waals surface area contributed by atoms with Gasteiger partial charge in [0.2, 0.25) is 0 Å². The Morgan fingerprint density at radius 3 is 2.74 bits per heavy atom. The number of benzene rings is 1. The Morgan fingerprint density at radius 1 is 1.26 bits per heavy atom. The molecule has 2 nitrogen and oxygen atoms in total. The van der Waals surface area contributed by atoms with E-state index in [1.54, 1.807) is 0 Å². The fourth-order valence-electron chi connectivity index (χ4n) is 3.23. The first-order valence-electron chi connectivity index (χ1n) is 7.87. The van der Waals surface area contributed by atoms with E-state index in [2.05, 4.69) is 54.4 Å². The third-order valence-corrected chi connectivity index (χ3v) is 4.16. The summed E-state index contributed by atoms with van der Waals surface area (Å²) in [5.74, 6) is 0. The number of nitrogens with one attached hydrogen (secondary N) is 1. The largest absolute Gasteiger partial charge is 0.313 e. The molecule has 0 saturated carbocycles. The van der Waals surface area contributed by atoms with Gasteiger partial charge in [0.15, 0.2) is 0 Å². The van der Waals surface area contributed by atoms with Crippen LogP contribution < -0.4 is 5.32 Å². The van der Waals surface area contributed by atoms with Crippen LogP contribution in [0.2, 0.25) is 0 Å². The highest BCUT2D eigenvalue weighted by Gasteiger charge is 2.23. The van der Waals surface area contributed by atoms with Crippen molar-refractivity contribution < 1.29 is 0 Å². The number of nitrogens with zero attached hydrogens (tertiary/aromatic N) is 1. The molecule has 2 rings (SSSR count). The fraction of sp³-hybridized carbons (Fsp3) is 0.647. The van der Waals surface area contributed by atoms with Gasteiger partial charge in [0.1, 0.15) is 0 Å². The van der Waals surface area contributed by atoms with Crippen molar-refractivity contribution >= 4 is 0 Å². The van der Waals surface area contributed by atoms with E-state index in [0.717, 1.165) is 0 Å². The van der Waals surface area contributed by atoms with Crippen LogP contribution in [0.15, 0.2) is 30.3 Å². The monoisotopic (exact) mass is 260 g/mol. The van der Waals surface area contributed by atoms with E-state index in [1.165, 1.54) is 50.9 Å². The van der Waals surface area contributed by atoms with E-state index in [9.17, 15) is 0 Å². The Bertz CT molecular complexity index is 350. The highest BCUT2D eigenvalue weighted by molar-refractivity contribution is 5.19. The van der Waals surface area contributed by atoms with E-state index in [-0.39, 0.29) is 0 Å². The van der Waals surface area contributed by atoms with Crippen LogP contribution >= 0.6 is 0 Å². The summed E-state index contributed by atoms with van der Waals surface area (Å²) in [5.41, 5.74) is 1.47.